The highest BCUT2D eigenvalue weighted by Crippen LogP contribution is 2.20. The van der Waals surface area contributed by atoms with E-state index in [2.05, 4.69) is 23.8 Å². The van der Waals surface area contributed by atoms with Crippen LogP contribution < -0.4 is 5.73 Å². The third kappa shape index (κ3) is 12.9. The third-order valence-corrected chi connectivity index (χ3v) is 4.53. The molecule has 0 saturated carbocycles. The summed E-state index contributed by atoms with van der Waals surface area (Å²) in [5.74, 6) is 0.914. The van der Waals surface area contributed by atoms with Gasteiger partial charge in [-0.25, -0.2) is 0 Å². The highest BCUT2D eigenvalue weighted by atomic mass is 16.5. The Bertz CT molecular complexity index is 239. The quantitative estimate of drug-likeness (QED) is 0.687. The van der Waals surface area contributed by atoms with Gasteiger partial charge < -0.3 is 20.3 Å². The van der Waals surface area contributed by atoms with Crippen molar-refractivity contribution in [2.45, 2.75) is 73.0 Å². The van der Waals surface area contributed by atoms with Crippen LogP contribution in [0.25, 0.3) is 0 Å². The normalized spacial score (nSPS) is 18.5. The van der Waals surface area contributed by atoms with Crippen molar-refractivity contribution < 1.29 is 4.74 Å². The molecule has 4 nitrogen and oxygen atoms in total. The average molecular weight is 332 g/mol. The molecule has 1 saturated heterocycles. The molecule has 1 unspecified atom stereocenters. The second-order valence-electron chi connectivity index (χ2n) is 6.24. The van der Waals surface area contributed by atoms with E-state index in [9.17, 15) is 0 Å². The topological polar surface area (TPSA) is 41.7 Å². The Hall–Kier alpha value is -0.160. The second-order valence-corrected chi connectivity index (χ2v) is 6.24. The van der Waals surface area contributed by atoms with Crippen LogP contribution in [0.1, 0.15) is 67.2 Å². The largest absolute Gasteiger partial charge is 0.364 e. The second kappa shape index (κ2) is 15.4. The van der Waals surface area contributed by atoms with Gasteiger partial charge in [0.05, 0.1) is 0 Å². The van der Waals surface area contributed by atoms with Crippen molar-refractivity contribution in [2.24, 2.45) is 11.7 Å². The number of piperidine rings is 1. The maximum atomic E-state index is 6.02. The summed E-state index contributed by atoms with van der Waals surface area (Å²) in [5, 5.41) is 0. The number of hydrogen-bond donors (Lipinski definition) is 1. The molecule has 0 aliphatic carbocycles. The van der Waals surface area contributed by atoms with E-state index >= 15 is 0 Å². The Balaban J connectivity index is 0. The van der Waals surface area contributed by atoms with Crippen LogP contribution in [0.2, 0.25) is 0 Å². The predicted octanol–water partition coefficient (Wildman–Crippen LogP) is 3.80. The molecular formula is C19H45N3O. The van der Waals surface area contributed by atoms with E-state index in [1.807, 2.05) is 34.6 Å². The number of likely N-dealkylation sites (tertiary alicyclic amines) is 1. The summed E-state index contributed by atoms with van der Waals surface area (Å²) in [6.45, 7) is 18.1. The van der Waals surface area contributed by atoms with Gasteiger partial charge in [-0.15, -0.1) is 0 Å². The first-order chi connectivity index (χ1) is 11.0. The van der Waals surface area contributed by atoms with Crippen molar-refractivity contribution in [1.82, 2.24) is 9.80 Å². The van der Waals surface area contributed by atoms with Gasteiger partial charge in [-0.3, -0.25) is 0 Å². The molecule has 4 heteroatoms. The number of nitrogens with zero attached hydrogens (tertiary/aromatic N) is 2. The minimum atomic E-state index is -0.485. The molecule has 1 fully saturated rings. The maximum absolute atomic E-state index is 6.02. The fraction of sp³-hybridized carbons (Fsp3) is 1.00. The van der Waals surface area contributed by atoms with Gasteiger partial charge in [0.25, 0.3) is 0 Å². The first-order valence-corrected chi connectivity index (χ1v) is 9.71. The summed E-state index contributed by atoms with van der Waals surface area (Å²) in [6, 6.07) is 0. The van der Waals surface area contributed by atoms with E-state index in [1.165, 1.54) is 38.9 Å². The minimum absolute atomic E-state index is 0.485. The number of nitrogens with two attached hydrogens (primary N) is 1. The van der Waals surface area contributed by atoms with Crippen LogP contribution in [0.15, 0.2) is 0 Å². The van der Waals surface area contributed by atoms with E-state index in [4.69, 9.17) is 10.5 Å². The van der Waals surface area contributed by atoms with Crippen molar-refractivity contribution in [1.29, 1.82) is 0 Å². The molecule has 0 aromatic rings. The molecular weight excluding hydrogens is 286 g/mol. The summed E-state index contributed by atoms with van der Waals surface area (Å²) in [4.78, 5) is 4.94. The maximum Gasteiger partial charge on any atom is 0.114 e. The molecule has 0 spiro atoms. The highest BCUT2D eigenvalue weighted by molar-refractivity contribution is 4.73. The van der Waals surface area contributed by atoms with Crippen LogP contribution in [0.5, 0.6) is 0 Å². The molecule has 2 N–H and O–H groups in total. The lowest BCUT2D eigenvalue weighted by Crippen LogP contribution is -2.42. The average Bonchev–Trinajstić information content (AvgIpc) is 2.60. The number of hydrogen-bond acceptors (Lipinski definition) is 4. The Kier molecular flexibility index (Phi) is 16.8. The monoisotopic (exact) mass is 331 g/mol. The fourth-order valence-electron chi connectivity index (χ4n) is 2.63. The van der Waals surface area contributed by atoms with Gasteiger partial charge >= 0.3 is 0 Å². The summed E-state index contributed by atoms with van der Waals surface area (Å²) in [5.41, 5.74) is 5.53. The third-order valence-electron chi connectivity index (χ3n) is 4.53. The molecule has 1 rings (SSSR count). The van der Waals surface area contributed by atoms with Gasteiger partial charge in [0.15, 0.2) is 0 Å². The Labute approximate surface area is 146 Å². The van der Waals surface area contributed by atoms with Gasteiger partial charge in [-0.2, -0.15) is 0 Å². The molecule has 23 heavy (non-hydrogen) atoms. The molecule has 0 amide bonds. The lowest BCUT2D eigenvalue weighted by Gasteiger charge is -2.31. The standard InChI is InChI=1S/C15H33N3O.2C2H6/c1-5-18(13-9-15(2,16)19-4)12-8-14-6-10-17(3)11-7-14;2*1-2/h14H,5-13,16H2,1-4H3;2*1-2H3. The Morgan fingerprint density at radius 1 is 1.13 bits per heavy atom. The van der Waals surface area contributed by atoms with Gasteiger partial charge in [0, 0.05) is 20.1 Å². The molecule has 1 aliphatic heterocycles. The summed E-state index contributed by atoms with van der Waals surface area (Å²) < 4.78 is 5.28. The van der Waals surface area contributed by atoms with Gasteiger partial charge in [-0.1, -0.05) is 34.6 Å². The summed E-state index contributed by atoms with van der Waals surface area (Å²) in [7, 11) is 3.91. The van der Waals surface area contributed by atoms with E-state index < -0.39 is 5.72 Å². The Morgan fingerprint density at radius 3 is 2.09 bits per heavy atom. The van der Waals surface area contributed by atoms with Gasteiger partial charge in [0.2, 0.25) is 0 Å². The van der Waals surface area contributed by atoms with E-state index in [0.717, 1.165) is 25.4 Å². The molecule has 0 radical (unpaired) electrons. The van der Waals surface area contributed by atoms with Crippen LogP contribution in [-0.4, -0.2) is 62.4 Å². The summed E-state index contributed by atoms with van der Waals surface area (Å²) >= 11 is 0. The predicted molar refractivity (Wildman–Crippen MR) is 104 cm³/mol. The zero-order valence-electron chi connectivity index (χ0n) is 17.3. The number of methoxy groups -OCH3 is 1. The molecule has 0 aromatic heterocycles. The lowest BCUT2D eigenvalue weighted by atomic mass is 9.93. The van der Waals surface area contributed by atoms with Crippen molar-refractivity contribution in [3.8, 4) is 0 Å². The van der Waals surface area contributed by atoms with Crippen molar-refractivity contribution in [3.05, 3.63) is 0 Å². The fourth-order valence-corrected chi connectivity index (χ4v) is 2.63. The molecule has 1 atom stereocenters. The van der Waals surface area contributed by atoms with Crippen LogP contribution in [0.4, 0.5) is 0 Å². The molecule has 1 aliphatic rings. The van der Waals surface area contributed by atoms with Crippen LogP contribution in [0.3, 0.4) is 0 Å². The summed E-state index contributed by atoms with van der Waals surface area (Å²) in [6.07, 6.45) is 4.95. The molecule has 0 aromatic carbocycles. The number of ether oxygens (including phenoxy) is 1. The molecule has 142 valence electrons. The number of rotatable bonds is 8. The van der Waals surface area contributed by atoms with E-state index in [-0.39, 0.29) is 0 Å². The van der Waals surface area contributed by atoms with Crippen molar-refractivity contribution in [2.75, 3.05) is 46.9 Å². The smallest absolute Gasteiger partial charge is 0.114 e. The molecule has 0 bridgehead atoms. The lowest BCUT2D eigenvalue weighted by molar-refractivity contribution is -0.00323. The van der Waals surface area contributed by atoms with Crippen molar-refractivity contribution >= 4 is 0 Å². The van der Waals surface area contributed by atoms with E-state index in [0.29, 0.717) is 0 Å². The SMILES string of the molecule is CC.CC.CCN(CCC1CCN(C)CC1)CCC(C)(N)OC. The minimum Gasteiger partial charge on any atom is -0.364 e. The first kappa shape index (κ1) is 25.1. The van der Waals surface area contributed by atoms with Gasteiger partial charge in [0.1, 0.15) is 5.72 Å². The van der Waals surface area contributed by atoms with Gasteiger partial charge in [-0.05, 0) is 65.3 Å². The molecule has 1 heterocycles. The van der Waals surface area contributed by atoms with Crippen molar-refractivity contribution in [3.63, 3.8) is 0 Å². The zero-order chi connectivity index (χ0) is 18.3. The first-order valence-electron chi connectivity index (χ1n) is 9.71. The van der Waals surface area contributed by atoms with Crippen LogP contribution in [0, 0.1) is 5.92 Å². The highest BCUT2D eigenvalue weighted by Gasteiger charge is 2.20. The van der Waals surface area contributed by atoms with E-state index in [1.54, 1.807) is 7.11 Å². The Morgan fingerprint density at radius 2 is 1.65 bits per heavy atom. The zero-order valence-corrected chi connectivity index (χ0v) is 17.3. The van der Waals surface area contributed by atoms with Crippen LogP contribution >= 0.6 is 0 Å². The van der Waals surface area contributed by atoms with Crippen LogP contribution in [-0.2, 0) is 4.74 Å².